The zero-order valence-electron chi connectivity index (χ0n) is 14.1. The zero-order valence-corrected chi connectivity index (χ0v) is 16.5. The van der Waals surface area contributed by atoms with Gasteiger partial charge in [-0.05, 0) is 43.7 Å². The van der Waals surface area contributed by atoms with Gasteiger partial charge >= 0.3 is 5.97 Å². The third-order valence-corrected chi connectivity index (χ3v) is 6.61. The number of carbonyl (C=O) groups is 3. The maximum absolute atomic E-state index is 12.9. The second kappa shape index (κ2) is 7.89. The zero-order chi connectivity index (χ0) is 18.8. The first-order chi connectivity index (χ1) is 12.4. The monoisotopic (exact) mass is 410 g/mol. The minimum Gasteiger partial charge on any atom is -0.480 e. The normalized spacial score (nSPS) is 23.6. The number of hydrogen-bond donors (Lipinski definition) is 1. The molecule has 2 aliphatic heterocycles. The number of nitrogens with zero attached hydrogens (tertiary/aromatic N) is 2. The van der Waals surface area contributed by atoms with E-state index in [1.165, 1.54) is 32.9 Å². The summed E-state index contributed by atoms with van der Waals surface area (Å²) < 4.78 is 0.322. The Morgan fingerprint density at radius 2 is 2.19 bits per heavy atom. The van der Waals surface area contributed by atoms with Crippen LogP contribution < -0.4 is 0 Å². The first-order valence-corrected chi connectivity index (χ1v) is 10.3. The van der Waals surface area contributed by atoms with Gasteiger partial charge < -0.3 is 10.0 Å². The number of hydrogen-bond acceptors (Lipinski definition) is 6. The molecule has 2 amide bonds. The summed E-state index contributed by atoms with van der Waals surface area (Å²) >= 11 is 7.99. The number of thioether (sulfide) groups is 1. The highest BCUT2D eigenvalue weighted by molar-refractivity contribution is 8.26. The Balaban J connectivity index is 1.79. The first kappa shape index (κ1) is 19.1. The lowest BCUT2D eigenvalue weighted by atomic mass is 10.0. The summed E-state index contributed by atoms with van der Waals surface area (Å²) in [5.41, 5.74) is 0. The van der Waals surface area contributed by atoms with E-state index in [4.69, 9.17) is 12.2 Å². The van der Waals surface area contributed by atoms with E-state index in [9.17, 15) is 19.5 Å². The van der Waals surface area contributed by atoms with Crippen LogP contribution in [0.1, 0.15) is 31.1 Å². The van der Waals surface area contributed by atoms with Gasteiger partial charge in [-0.1, -0.05) is 30.0 Å². The van der Waals surface area contributed by atoms with Crippen LogP contribution in [0.2, 0.25) is 0 Å². The van der Waals surface area contributed by atoms with Gasteiger partial charge in [0.25, 0.3) is 5.91 Å². The summed E-state index contributed by atoms with van der Waals surface area (Å²) in [7, 11) is 0. The molecule has 3 rings (SSSR count). The summed E-state index contributed by atoms with van der Waals surface area (Å²) in [6.45, 7) is 1.99. The van der Waals surface area contributed by atoms with Crippen molar-refractivity contribution in [1.29, 1.82) is 0 Å². The second-order valence-corrected chi connectivity index (χ2v) is 8.78. The molecule has 0 aliphatic carbocycles. The SMILES string of the molecule is C[C@@H](C(=O)N1CCCC[C@@H]1C(=O)O)N1C(=O)/C(=C/c2cccs2)SC1=S. The van der Waals surface area contributed by atoms with Gasteiger partial charge in [-0.15, -0.1) is 11.3 Å². The minimum atomic E-state index is -1.01. The second-order valence-electron chi connectivity index (χ2n) is 6.12. The number of carbonyl (C=O) groups excluding carboxylic acids is 2. The lowest BCUT2D eigenvalue weighted by Gasteiger charge is -2.36. The van der Waals surface area contributed by atoms with E-state index in [1.54, 1.807) is 13.0 Å². The Labute approximate surface area is 164 Å². The molecule has 0 bridgehead atoms. The summed E-state index contributed by atoms with van der Waals surface area (Å²) in [4.78, 5) is 41.2. The van der Waals surface area contributed by atoms with Crippen LogP contribution in [-0.2, 0) is 14.4 Å². The maximum atomic E-state index is 12.9. The van der Waals surface area contributed by atoms with Crippen molar-refractivity contribution in [3.8, 4) is 0 Å². The van der Waals surface area contributed by atoms with Gasteiger partial charge in [-0.25, -0.2) is 4.79 Å². The largest absolute Gasteiger partial charge is 0.480 e. The molecule has 1 N–H and O–H groups in total. The van der Waals surface area contributed by atoms with Crippen LogP contribution >= 0.6 is 35.3 Å². The van der Waals surface area contributed by atoms with Gasteiger partial charge in [0, 0.05) is 11.4 Å². The molecule has 0 saturated carbocycles. The van der Waals surface area contributed by atoms with Gasteiger partial charge in [0.05, 0.1) is 4.91 Å². The van der Waals surface area contributed by atoms with Crippen LogP contribution in [-0.4, -0.2) is 55.6 Å². The maximum Gasteiger partial charge on any atom is 0.326 e. The van der Waals surface area contributed by atoms with Crippen molar-refractivity contribution < 1.29 is 19.5 Å². The molecule has 1 aromatic heterocycles. The highest BCUT2D eigenvalue weighted by Gasteiger charge is 2.42. The van der Waals surface area contributed by atoms with Gasteiger partial charge in [-0.2, -0.15) is 0 Å². The first-order valence-electron chi connectivity index (χ1n) is 8.24. The number of thiocarbonyl (C=S) groups is 1. The molecule has 26 heavy (non-hydrogen) atoms. The van der Waals surface area contributed by atoms with Gasteiger partial charge in [0.15, 0.2) is 0 Å². The van der Waals surface area contributed by atoms with Crippen molar-refractivity contribution in [3.63, 3.8) is 0 Å². The molecule has 138 valence electrons. The van der Waals surface area contributed by atoms with Gasteiger partial charge in [0.1, 0.15) is 16.4 Å². The molecule has 0 aromatic carbocycles. The fraction of sp³-hybridized carbons (Fsp3) is 0.412. The van der Waals surface area contributed by atoms with Crippen LogP contribution in [0.5, 0.6) is 0 Å². The molecule has 2 atom stereocenters. The summed E-state index contributed by atoms with van der Waals surface area (Å²) in [5.74, 6) is -1.68. The molecule has 2 saturated heterocycles. The molecule has 0 unspecified atom stereocenters. The number of rotatable bonds is 4. The van der Waals surface area contributed by atoms with E-state index < -0.39 is 18.1 Å². The van der Waals surface area contributed by atoms with E-state index in [1.807, 2.05) is 17.5 Å². The lowest BCUT2D eigenvalue weighted by molar-refractivity contribution is -0.154. The van der Waals surface area contributed by atoms with Crippen molar-refractivity contribution in [2.75, 3.05) is 6.54 Å². The van der Waals surface area contributed by atoms with Crippen molar-refractivity contribution in [1.82, 2.24) is 9.80 Å². The Hall–Kier alpha value is -1.71. The molecule has 1 aromatic rings. The number of aliphatic carboxylic acids is 1. The molecule has 3 heterocycles. The lowest BCUT2D eigenvalue weighted by Crippen LogP contribution is -2.55. The molecular weight excluding hydrogens is 392 g/mol. The topological polar surface area (TPSA) is 77.9 Å². The van der Waals surface area contributed by atoms with E-state index in [2.05, 4.69) is 0 Å². The number of thiophene rings is 1. The molecule has 2 fully saturated rings. The number of likely N-dealkylation sites (tertiary alicyclic amines) is 1. The molecule has 9 heteroatoms. The Bertz CT molecular complexity index is 775. The number of amides is 2. The number of carboxylic acids is 1. The molecule has 6 nitrogen and oxygen atoms in total. The quantitative estimate of drug-likeness (QED) is 0.608. The van der Waals surface area contributed by atoms with Crippen LogP contribution in [0.3, 0.4) is 0 Å². The van der Waals surface area contributed by atoms with Gasteiger partial charge in [0.2, 0.25) is 5.91 Å². The Kier molecular flexibility index (Phi) is 5.79. The predicted molar refractivity (Wildman–Crippen MR) is 106 cm³/mol. The molecular formula is C17H18N2O4S3. The average molecular weight is 411 g/mol. The van der Waals surface area contributed by atoms with Crippen LogP contribution in [0.25, 0.3) is 6.08 Å². The van der Waals surface area contributed by atoms with Crippen molar-refractivity contribution in [2.45, 2.75) is 38.3 Å². The number of carboxylic acid groups (broad SMARTS) is 1. The highest BCUT2D eigenvalue weighted by Crippen LogP contribution is 2.35. The van der Waals surface area contributed by atoms with E-state index in [0.717, 1.165) is 17.7 Å². The van der Waals surface area contributed by atoms with Crippen LogP contribution in [0.15, 0.2) is 22.4 Å². The smallest absolute Gasteiger partial charge is 0.326 e. The third-order valence-electron chi connectivity index (χ3n) is 4.46. The standard InChI is InChI=1S/C17H18N2O4S3/c1-10(14(20)18-7-3-2-6-12(18)16(22)23)19-15(21)13(26-17(19)24)9-11-5-4-8-25-11/h4-5,8-10,12H,2-3,6-7H2,1H3,(H,22,23)/b13-9-/t10-,12+/m0/s1. The average Bonchev–Trinajstić information content (AvgIpc) is 3.22. The van der Waals surface area contributed by atoms with Crippen LogP contribution in [0, 0.1) is 0 Å². The molecule has 0 spiro atoms. The van der Waals surface area contributed by atoms with Crippen LogP contribution in [0.4, 0.5) is 0 Å². The van der Waals surface area contributed by atoms with E-state index in [0.29, 0.717) is 22.2 Å². The fourth-order valence-electron chi connectivity index (χ4n) is 3.12. The Morgan fingerprint density at radius 1 is 1.42 bits per heavy atom. The summed E-state index contributed by atoms with van der Waals surface area (Å²) in [5, 5.41) is 11.3. The van der Waals surface area contributed by atoms with Crippen molar-refractivity contribution in [2.24, 2.45) is 0 Å². The third kappa shape index (κ3) is 3.70. The van der Waals surface area contributed by atoms with Crippen molar-refractivity contribution in [3.05, 3.63) is 27.3 Å². The predicted octanol–water partition coefficient (Wildman–Crippen LogP) is 2.80. The van der Waals surface area contributed by atoms with E-state index >= 15 is 0 Å². The molecule has 0 radical (unpaired) electrons. The highest BCUT2D eigenvalue weighted by atomic mass is 32.2. The molecule has 2 aliphatic rings. The van der Waals surface area contributed by atoms with Crippen molar-refractivity contribution >= 4 is 63.5 Å². The summed E-state index contributed by atoms with van der Waals surface area (Å²) in [6.07, 6.45) is 3.74. The minimum absolute atomic E-state index is 0.307. The summed E-state index contributed by atoms with van der Waals surface area (Å²) in [6, 6.07) is 2.14. The number of piperidine rings is 1. The van der Waals surface area contributed by atoms with E-state index in [-0.39, 0.29) is 11.8 Å². The Morgan fingerprint density at radius 3 is 2.85 bits per heavy atom. The van der Waals surface area contributed by atoms with Gasteiger partial charge in [-0.3, -0.25) is 14.5 Å². The fourth-order valence-corrected chi connectivity index (χ4v) is 5.26.